The lowest BCUT2D eigenvalue weighted by Crippen LogP contribution is -2.20. The molecule has 0 N–H and O–H groups in total. The van der Waals surface area contributed by atoms with Gasteiger partial charge >= 0.3 is 11.9 Å². The molecule has 1 aliphatic rings. The largest absolute Gasteiger partial charge is 0.462 e. The Morgan fingerprint density at radius 2 is 1.32 bits per heavy atom. The molecule has 0 aromatic carbocycles. The summed E-state index contributed by atoms with van der Waals surface area (Å²) >= 11 is 3.07. The first kappa shape index (κ1) is 19.4. The third-order valence-electron chi connectivity index (χ3n) is 3.12. The molecule has 1 rings (SSSR count). The first-order chi connectivity index (χ1) is 10.7. The van der Waals surface area contributed by atoms with E-state index in [1.807, 2.05) is 0 Å². The first-order valence-corrected chi connectivity index (χ1v) is 10.0. The summed E-state index contributed by atoms with van der Waals surface area (Å²) in [5.74, 6) is 0.757. The van der Waals surface area contributed by atoms with Crippen LogP contribution in [0.1, 0.15) is 52.4 Å². The molecule has 1 heterocycles. The monoisotopic (exact) mass is 346 g/mol. The zero-order valence-electron chi connectivity index (χ0n) is 13.5. The Bertz CT molecular complexity index is 360. The number of esters is 2. The summed E-state index contributed by atoms with van der Waals surface area (Å²) in [7, 11) is 0. The van der Waals surface area contributed by atoms with Crippen LogP contribution in [0.2, 0.25) is 0 Å². The van der Waals surface area contributed by atoms with Gasteiger partial charge in [-0.15, -0.1) is 23.5 Å². The van der Waals surface area contributed by atoms with Gasteiger partial charge in [-0.25, -0.2) is 9.59 Å². The minimum Gasteiger partial charge on any atom is -0.462 e. The summed E-state index contributed by atoms with van der Waals surface area (Å²) in [6, 6.07) is 0. The van der Waals surface area contributed by atoms with E-state index in [0.29, 0.717) is 13.2 Å². The fourth-order valence-electron chi connectivity index (χ4n) is 1.88. The van der Waals surface area contributed by atoms with Crippen molar-refractivity contribution in [2.45, 2.75) is 52.4 Å². The third-order valence-corrected chi connectivity index (χ3v) is 5.84. The number of ether oxygens (including phenoxy) is 2. The minimum atomic E-state index is -0.534. The maximum absolute atomic E-state index is 12.2. The molecule has 0 radical (unpaired) electrons. The second kappa shape index (κ2) is 11.9. The Morgan fingerprint density at radius 3 is 1.73 bits per heavy atom. The summed E-state index contributed by atoms with van der Waals surface area (Å²) < 4.78 is 11.2. The molecule has 1 fully saturated rings. The molecule has 22 heavy (non-hydrogen) atoms. The maximum atomic E-state index is 12.2. The summed E-state index contributed by atoms with van der Waals surface area (Å²) in [6.45, 7) is 4.91. The van der Waals surface area contributed by atoms with Gasteiger partial charge in [0.15, 0.2) is 5.57 Å². The van der Waals surface area contributed by atoms with Gasteiger partial charge in [-0.3, -0.25) is 0 Å². The molecule has 0 aliphatic carbocycles. The lowest BCUT2D eigenvalue weighted by atomic mass is 10.2. The second-order valence-corrected chi connectivity index (χ2v) is 7.51. The molecule has 0 aromatic rings. The molecule has 126 valence electrons. The SMILES string of the molecule is CCCCCOC(=O)C(C(=O)OCCCCC)=C1SCCS1. The highest BCUT2D eigenvalue weighted by molar-refractivity contribution is 8.25. The number of hydrogen-bond donors (Lipinski definition) is 0. The van der Waals surface area contributed by atoms with Gasteiger partial charge in [0.25, 0.3) is 0 Å². The van der Waals surface area contributed by atoms with Crippen LogP contribution in [-0.2, 0) is 19.1 Å². The van der Waals surface area contributed by atoms with Crippen LogP contribution in [0.25, 0.3) is 0 Å². The van der Waals surface area contributed by atoms with Crippen molar-refractivity contribution in [3.63, 3.8) is 0 Å². The third kappa shape index (κ3) is 7.09. The van der Waals surface area contributed by atoms with Gasteiger partial charge in [0, 0.05) is 11.5 Å². The van der Waals surface area contributed by atoms with Crippen molar-refractivity contribution in [3.05, 3.63) is 9.81 Å². The van der Waals surface area contributed by atoms with Crippen molar-refractivity contribution < 1.29 is 19.1 Å². The summed E-state index contributed by atoms with van der Waals surface area (Å²) in [6.07, 6.45) is 5.83. The van der Waals surface area contributed by atoms with Crippen LogP contribution in [0.4, 0.5) is 0 Å². The van der Waals surface area contributed by atoms with E-state index in [1.54, 1.807) is 0 Å². The molecule has 1 aliphatic heterocycles. The van der Waals surface area contributed by atoms with E-state index in [0.717, 1.165) is 54.3 Å². The standard InChI is InChI=1S/C16H26O4S2/c1-3-5-7-9-19-14(17)13(16-21-11-12-22-16)15(18)20-10-8-6-4-2/h3-12H2,1-2H3. The van der Waals surface area contributed by atoms with Gasteiger partial charge in [0.1, 0.15) is 0 Å². The number of thioether (sulfide) groups is 2. The van der Waals surface area contributed by atoms with E-state index >= 15 is 0 Å². The number of unbranched alkanes of at least 4 members (excludes halogenated alkanes) is 4. The number of carbonyl (C=O) groups excluding carboxylic acids is 2. The number of carbonyl (C=O) groups is 2. The van der Waals surface area contributed by atoms with Crippen molar-refractivity contribution in [2.75, 3.05) is 24.7 Å². The quantitative estimate of drug-likeness (QED) is 0.195. The average molecular weight is 347 g/mol. The molecule has 0 amide bonds. The van der Waals surface area contributed by atoms with Gasteiger partial charge in [-0.2, -0.15) is 0 Å². The van der Waals surface area contributed by atoms with Crippen LogP contribution in [0.3, 0.4) is 0 Å². The molecule has 0 saturated carbocycles. The van der Waals surface area contributed by atoms with Gasteiger partial charge in [0.05, 0.1) is 17.5 Å². The number of hydrogen-bond acceptors (Lipinski definition) is 6. The molecule has 4 nitrogen and oxygen atoms in total. The normalized spacial score (nSPS) is 14.0. The van der Waals surface area contributed by atoms with Crippen LogP contribution in [0.15, 0.2) is 9.81 Å². The predicted molar refractivity (Wildman–Crippen MR) is 92.9 cm³/mol. The molecular formula is C16H26O4S2. The highest BCUT2D eigenvalue weighted by Crippen LogP contribution is 2.39. The Morgan fingerprint density at radius 1 is 0.864 bits per heavy atom. The minimum absolute atomic E-state index is 0.0977. The van der Waals surface area contributed by atoms with Crippen molar-refractivity contribution in [2.24, 2.45) is 0 Å². The average Bonchev–Trinajstić information content (AvgIpc) is 3.02. The van der Waals surface area contributed by atoms with Crippen LogP contribution < -0.4 is 0 Å². The molecule has 0 spiro atoms. The molecule has 1 saturated heterocycles. The highest BCUT2D eigenvalue weighted by atomic mass is 32.2. The van der Waals surface area contributed by atoms with Gasteiger partial charge in [0.2, 0.25) is 0 Å². The Hall–Kier alpha value is -0.620. The van der Waals surface area contributed by atoms with Crippen LogP contribution in [0, 0.1) is 0 Å². The maximum Gasteiger partial charge on any atom is 0.347 e. The highest BCUT2D eigenvalue weighted by Gasteiger charge is 2.28. The van der Waals surface area contributed by atoms with E-state index in [2.05, 4.69) is 13.8 Å². The Labute approximate surface area is 141 Å². The fraction of sp³-hybridized carbons (Fsp3) is 0.750. The van der Waals surface area contributed by atoms with E-state index in [-0.39, 0.29) is 5.57 Å². The topological polar surface area (TPSA) is 52.6 Å². The van der Waals surface area contributed by atoms with Crippen molar-refractivity contribution >= 4 is 35.5 Å². The van der Waals surface area contributed by atoms with Crippen LogP contribution in [0.5, 0.6) is 0 Å². The second-order valence-electron chi connectivity index (χ2n) is 5.05. The van der Waals surface area contributed by atoms with Gasteiger partial charge in [-0.1, -0.05) is 39.5 Å². The van der Waals surface area contributed by atoms with E-state index in [4.69, 9.17) is 9.47 Å². The van der Waals surface area contributed by atoms with Crippen molar-refractivity contribution in [1.82, 2.24) is 0 Å². The summed E-state index contributed by atoms with van der Waals surface area (Å²) in [4.78, 5) is 24.4. The summed E-state index contributed by atoms with van der Waals surface area (Å²) in [5, 5.41) is 0. The van der Waals surface area contributed by atoms with E-state index in [9.17, 15) is 9.59 Å². The van der Waals surface area contributed by atoms with Crippen LogP contribution in [-0.4, -0.2) is 36.7 Å². The molecule has 0 aromatic heterocycles. The molecule has 0 bridgehead atoms. The smallest absolute Gasteiger partial charge is 0.347 e. The fourth-order valence-corrected chi connectivity index (χ4v) is 4.38. The lowest BCUT2D eigenvalue weighted by Gasteiger charge is -2.10. The lowest BCUT2D eigenvalue weighted by molar-refractivity contribution is -0.147. The zero-order chi connectivity index (χ0) is 16.2. The van der Waals surface area contributed by atoms with Crippen LogP contribution >= 0.6 is 23.5 Å². The van der Waals surface area contributed by atoms with Gasteiger partial charge in [-0.05, 0) is 12.8 Å². The molecule has 0 unspecified atom stereocenters. The Kier molecular flexibility index (Phi) is 10.5. The van der Waals surface area contributed by atoms with Crippen molar-refractivity contribution in [3.8, 4) is 0 Å². The molecule has 6 heteroatoms. The van der Waals surface area contributed by atoms with Crippen molar-refractivity contribution in [1.29, 1.82) is 0 Å². The van der Waals surface area contributed by atoms with E-state index in [1.165, 1.54) is 23.5 Å². The molecule has 0 atom stereocenters. The summed E-state index contributed by atoms with van der Waals surface area (Å²) in [5.41, 5.74) is 0.0977. The Balaban J connectivity index is 2.58. The first-order valence-electron chi connectivity index (χ1n) is 8.04. The number of rotatable bonds is 10. The van der Waals surface area contributed by atoms with E-state index < -0.39 is 11.9 Å². The van der Waals surface area contributed by atoms with Gasteiger partial charge < -0.3 is 9.47 Å². The molecular weight excluding hydrogens is 320 g/mol. The predicted octanol–water partition coefficient (Wildman–Crippen LogP) is 4.14. The zero-order valence-corrected chi connectivity index (χ0v) is 15.2.